The molecule has 1 N–H and O–H groups in total. The smallest absolute Gasteiger partial charge is 0.0767 e. The van der Waals surface area contributed by atoms with Gasteiger partial charge in [-0.3, -0.25) is 4.68 Å². The number of benzene rings is 1. The molecule has 0 radical (unpaired) electrons. The molecular formula is C14H16Br3N3. The number of nitrogens with one attached hydrogen (secondary N) is 1. The van der Waals surface area contributed by atoms with E-state index in [-0.39, 0.29) is 0 Å². The van der Waals surface area contributed by atoms with Crippen LogP contribution in [0, 0.1) is 0 Å². The van der Waals surface area contributed by atoms with Gasteiger partial charge in [0, 0.05) is 21.2 Å². The highest BCUT2D eigenvalue weighted by Crippen LogP contribution is 2.28. The minimum absolute atomic E-state index is 0.738. The Balaban J connectivity index is 2.20. The minimum atomic E-state index is 0.738. The summed E-state index contributed by atoms with van der Waals surface area (Å²) in [6.45, 7) is 5.84. The number of hydrogen-bond donors (Lipinski definition) is 1. The molecule has 0 atom stereocenters. The van der Waals surface area contributed by atoms with Crippen LogP contribution in [0.15, 0.2) is 31.6 Å². The van der Waals surface area contributed by atoms with Crippen molar-refractivity contribution in [2.75, 3.05) is 5.32 Å². The normalized spacial score (nSPS) is 10.8. The molecule has 1 heterocycles. The standard InChI is InChI=1S/C14H16Br3N3/c1-3-11-14(17)13(20(4-2)19-11)8-18-12-6-5-9(15)7-10(12)16/h5-7,18H,3-4,8H2,1-2H3. The number of rotatable bonds is 5. The van der Waals surface area contributed by atoms with Gasteiger partial charge in [-0.25, -0.2) is 0 Å². The molecule has 0 bridgehead atoms. The first kappa shape index (κ1) is 16.0. The van der Waals surface area contributed by atoms with Crippen LogP contribution in [-0.4, -0.2) is 9.78 Å². The van der Waals surface area contributed by atoms with Gasteiger partial charge in [0.05, 0.1) is 22.4 Å². The fourth-order valence-corrected chi connectivity index (χ4v) is 3.89. The van der Waals surface area contributed by atoms with Crippen molar-refractivity contribution in [3.05, 3.63) is 43.0 Å². The maximum atomic E-state index is 4.61. The minimum Gasteiger partial charge on any atom is -0.378 e. The molecule has 1 aromatic carbocycles. The van der Waals surface area contributed by atoms with E-state index in [4.69, 9.17) is 0 Å². The summed E-state index contributed by atoms with van der Waals surface area (Å²) in [6, 6.07) is 6.11. The number of nitrogens with zero attached hydrogens (tertiary/aromatic N) is 2. The summed E-state index contributed by atoms with van der Waals surface area (Å²) >= 11 is 10.7. The van der Waals surface area contributed by atoms with E-state index >= 15 is 0 Å². The van der Waals surface area contributed by atoms with Crippen LogP contribution in [0.2, 0.25) is 0 Å². The molecule has 2 rings (SSSR count). The Kier molecular flexibility index (Phi) is 5.69. The van der Waals surface area contributed by atoms with Crippen molar-refractivity contribution in [3.63, 3.8) is 0 Å². The molecule has 0 unspecified atom stereocenters. The molecule has 0 amide bonds. The van der Waals surface area contributed by atoms with Gasteiger partial charge in [-0.15, -0.1) is 0 Å². The first-order valence-electron chi connectivity index (χ1n) is 6.49. The predicted molar refractivity (Wildman–Crippen MR) is 94.1 cm³/mol. The lowest BCUT2D eigenvalue weighted by molar-refractivity contribution is 0.619. The predicted octanol–water partition coefficient (Wildman–Crippen LogP) is 5.37. The van der Waals surface area contributed by atoms with E-state index in [2.05, 4.69) is 78.1 Å². The SMILES string of the molecule is CCc1nn(CC)c(CNc2ccc(Br)cc2Br)c1Br. The Morgan fingerprint density at radius 1 is 1.20 bits per heavy atom. The molecule has 6 heteroatoms. The number of anilines is 1. The second-order valence-corrected chi connectivity index (χ2v) is 6.92. The van der Waals surface area contributed by atoms with Gasteiger partial charge >= 0.3 is 0 Å². The quantitative estimate of drug-likeness (QED) is 0.643. The molecule has 0 aliphatic heterocycles. The number of hydrogen-bond acceptors (Lipinski definition) is 2. The molecule has 108 valence electrons. The van der Waals surface area contributed by atoms with Gasteiger partial charge in [0.1, 0.15) is 0 Å². The Hall–Kier alpha value is -0.330. The first-order chi connectivity index (χ1) is 9.56. The zero-order chi connectivity index (χ0) is 14.7. The zero-order valence-electron chi connectivity index (χ0n) is 11.4. The second-order valence-electron chi connectivity index (χ2n) is 4.35. The third kappa shape index (κ3) is 3.46. The van der Waals surface area contributed by atoms with E-state index in [1.165, 1.54) is 5.69 Å². The van der Waals surface area contributed by atoms with Gasteiger partial charge < -0.3 is 5.32 Å². The second kappa shape index (κ2) is 7.09. The largest absolute Gasteiger partial charge is 0.378 e. The molecule has 0 aliphatic rings. The van der Waals surface area contributed by atoms with Crippen molar-refractivity contribution in [2.45, 2.75) is 33.4 Å². The van der Waals surface area contributed by atoms with E-state index in [1.807, 2.05) is 16.8 Å². The van der Waals surface area contributed by atoms with Crippen molar-refractivity contribution in [1.29, 1.82) is 0 Å². The van der Waals surface area contributed by atoms with E-state index in [1.54, 1.807) is 0 Å². The van der Waals surface area contributed by atoms with Gasteiger partial charge in [-0.2, -0.15) is 5.10 Å². The van der Waals surface area contributed by atoms with E-state index in [0.29, 0.717) is 0 Å². The van der Waals surface area contributed by atoms with Crippen LogP contribution in [0.4, 0.5) is 5.69 Å². The van der Waals surface area contributed by atoms with Crippen LogP contribution in [-0.2, 0) is 19.5 Å². The van der Waals surface area contributed by atoms with Crippen LogP contribution in [0.1, 0.15) is 25.2 Å². The highest BCUT2D eigenvalue weighted by Gasteiger charge is 2.13. The van der Waals surface area contributed by atoms with Crippen LogP contribution >= 0.6 is 47.8 Å². The van der Waals surface area contributed by atoms with Gasteiger partial charge in [0.15, 0.2) is 0 Å². The molecule has 20 heavy (non-hydrogen) atoms. The first-order valence-corrected chi connectivity index (χ1v) is 8.87. The summed E-state index contributed by atoms with van der Waals surface area (Å²) in [4.78, 5) is 0. The summed E-state index contributed by atoms with van der Waals surface area (Å²) in [6.07, 6.45) is 0.933. The van der Waals surface area contributed by atoms with Gasteiger partial charge in [0.2, 0.25) is 0 Å². The lowest BCUT2D eigenvalue weighted by Gasteiger charge is -2.10. The Morgan fingerprint density at radius 3 is 2.55 bits per heavy atom. The van der Waals surface area contributed by atoms with Crippen molar-refractivity contribution < 1.29 is 0 Å². The summed E-state index contributed by atoms with van der Waals surface area (Å²) in [5, 5.41) is 8.06. The third-order valence-corrected chi connectivity index (χ3v) is 5.14. The molecule has 0 fully saturated rings. The molecular weight excluding hydrogens is 450 g/mol. The van der Waals surface area contributed by atoms with E-state index < -0.39 is 0 Å². The highest BCUT2D eigenvalue weighted by molar-refractivity contribution is 9.11. The van der Waals surface area contributed by atoms with E-state index in [0.717, 1.165) is 44.3 Å². The molecule has 1 aromatic heterocycles. The number of aryl methyl sites for hydroxylation is 2. The maximum Gasteiger partial charge on any atom is 0.0767 e. The van der Waals surface area contributed by atoms with Crippen LogP contribution in [0.25, 0.3) is 0 Å². The van der Waals surface area contributed by atoms with Gasteiger partial charge in [-0.05, 0) is 63.4 Å². The topological polar surface area (TPSA) is 29.9 Å². The summed E-state index contributed by atoms with van der Waals surface area (Å²) < 4.78 is 5.26. The molecule has 0 saturated heterocycles. The summed E-state index contributed by atoms with van der Waals surface area (Å²) in [5.41, 5.74) is 3.36. The molecule has 0 spiro atoms. The molecule has 0 aliphatic carbocycles. The third-order valence-electron chi connectivity index (χ3n) is 3.07. The Morgan fingerprint density at radius 2 is 1.95 bits per heavy atom. The Bertz CT molecular complexity index is 608. The summed E-state index contributed by atoms with van der Waals surface area (Å²) in [7, 11) is 0. The van der Waals surface area contributed by atoms with Crippen molar-refractivity contribution in [1.82, 2.24) is 9.78 Å². The number of aromatic nitrogens is 2. The summed E-state index contributed by atoms with van der Waals surface area (Å²) in [5.74, 6) is 0. The van der Waals surface area contributed by atoms with Crippen LogP contribution in [0.3, 0.4) is 0 Å². The Labute approximate surface area is 144 Å². The molecule has 0 saturated carbocycles. The fourth-order valence-electron chi connectivity index (χ4n) is 2.00. The highest BCUT2D eigenvalue weighted by atomic mass is 79.9. The van der Waals surface area contributed by atoms with Crippen molar-refractivity contribution in [2.24, 2.45) is 0 Å². The average Bonchev–Trinajstić information content (AvgIpc) is 2.74. The van der Waals surface area contributed by atoms with Gasteiger partial charge in [-0.1, -0.05) is 22.9 Å². The van der Waals surface area contributed by atoms with Crippen molar-refractivity contribution >= 4 is 53.5 Å². The fraction of sp³-hybridized carbons (Fsp3) is 0.357. The number of halogens is 3. The maximum absolute atomic E-state index is 4.61. The zero-order valence-corrected chi connectivity index (χ0v) is 16.1. The van der Waals surface area contributed by atoms with E-state index in [9.17, 15) is 0 Å². The average molecular weight is 466 g/mol. The monoisotopic (exact) mass is 463 g/mol. The van der Waals surface area contributed by atoms with Crippen LogP contribution < -0.4 is 5.32 Å². The molecule has 2 aromatic rings. The van der Waals surface area contributed by atoms with Crippen LogP contribution in [0.5, 0.6) is 0 Å². The lowest BCUT2D eigenvalue weighted by atomic mass is 10.3. The lowest BCUT2D eigenvalue weighted by Crippen LogP contribution is -2.08. The van der Waals surface area contributed by atoms with Crippen molar-refractivity contribution in [3.8, 4) is 0 Å². The molecule has 3 nitrogen and oxygen atoms in total. The van der Waals surface area contributed by atoms with Gasteiger partial charge in [0.25, 0.3) is 0 Å².